The second kappa shape index (κ2) is 5.70. The Kier molecular flexibility index (Phi) is 3.73. The molecule has 0 fully saturated rings. The summed E-state index contributed by atoms with van der Waals surface area (Å²) in [6.07, 6.45) is 1.69. The molecule has 3 rings (SSSR count). The lowest BCUT2D eigenvalue weighted by Gasteiger charge is -2.03. The van der Waals surface area contributed by atoms with Crippen LogP contribution in [-0.4, -0.2) is 16.1 Å². The zero-order valence-electron chi connectivity index (χ0n) is 11.9. The van der Waals surface area contributed by atoms with Gasteiger partial charge in [0.1, 0.15) is 0 Å². The van der Waals surface area contributed by atoms with Gasteiger partial charge < -0.3 is 10.1 Å². The highest BCUT2D eigenvalue weighted by Crippen LogP contribution is 2.33. The van der Waals surface area contributed by atoms with E-state index < -0.39 is 5.97 Å². The number of carboxylic acid groups (broad SMARTS) is 1. The highest BCUT2D eigenvalue weighted by molar-refractivity contribution is 6.30. The SMILES string of the molecule is C/C(=C\c1c(-c2cccc(Cl)c2)[nH]c2ccccc12)C(=O)O. The summed E-state index contributed by atoms with van der Waals surface area (Å²) >= 11 is 6.08. The first-order chi connectivity index (χ1) is 10.6. The van der Waals surface area contributed by atoms with Crippen LogP contribution in [0.1, 0.15) is 12.5 Å². The van der Waals surface area contributed by atoms with E-state index in [2.05, 4.69) is 4.98 Å². The van der Waals surface area contributed by atoms with Crippen molar-refractivity contribution in [2.75, 3.05) is 0 Å². The van der Waals surface area contributed by atoms with E-state index in [9.17, 15) is 4.79 Å². The van der Waals surface area contributed by atoms with Crippen molar-refractivity contribution in [1.82, 2.24) is 4.98 Å². The largest absolute Gasteiger partial charge is 0.478 e. The van der Waals surface area contributed by atoms with Crippen LogP contribution >= 0.6 is 11.6 Å². The van der Waals surface area contributed by atoms with Crippen LogP contribution < -0.4 is 0 Å². The first kappa shape index (κ1) is 14.4. The first-order valence-electron chi connectivity index (χ1n) is 6.84. The van der Waals surface area contributed by atoms with E-state index in [4.69, 9.17) is 16.7 Å². The number of hydrogen-bond donors (Lipinski definition) is 2. The number of para-hydroxylation sites is 1. The predicted octanol–water partition coefficient (Wildman–Crippen LogP) is 4.98. The lowest BCUT2D eigenvalue weighted by Crippen LogP contribution is -1.95. The van der Waals surface area contributed by atoms with Crippen molar-refractivity contribution in [3.63, 3.8) is 0 Å². The van der Waals surface area contributed by atoms with Gasteiger partial charge in [-0.25, -0.2) is 4.79 Å². The highest BCUT2D eigenvalue weighted by atomic mass is 35.5. The molecule has 0 saturated carbocycles. The quantitative estimate of drug-likeness (QED) is 0.670. The van der Waals surface area contributed by atoms with Crippen LogP contribution in [-0.2, 0) is 4.79 Å². The van der Waals surface area contributed by atoms with Gasteiger partial charge in [-0.05, 0) is 31.2 Å². The van der Waals surface area contributed by atoms with Crippen molar-refractivity contribution < 1.29 is 9.90 Å². The molecule has 2 aromatic carbocycles. The monoisotopic (exact) mass is 311 g/mol. The van der Waals surface area contributed by atoms with Crippen molar-refractivity contribution in [3.05, 3.63) is 64.7 Å². The molecule has 0 aliphatic heterocycles. The van der Waals surface area contributed by atoms with E-state index in [1.54, 1.807) is 13.0 Å². The number of carboxylic acids is 1. The molecule has 0 radical (unpaired) electrons. The first-order valence-corrected chi connectivity index (χ1v) is 7.22. The fourth-order valence-corrected chi connectivity index (χ4v) is 2.65. The lowest BCUT2D eigenvalue weighted by molar-refractivity contribution is -0.132. The summed E-state index contributed by atoms with van der Waals surface area (Å²) in [5.41, 5.74) is 3.89. The van der Waals surface area contributed by atoms with Gasteiger partial charge in [0.25, 0.3) is 0 Å². The number of aromatic amines is 1. The minimum absolute atomic E-state index is 0.285. The van der Waals surface area contributed by atoms with Crippen LogP contribution in [0, 0.1) is 0 Å². The average Bonchev–Trinajstić information content (AvgIpc) is 2.86. The van der Waals surface area contributed by atoms with Crippen LogP contribution in [0.5, 0.6) is 0 Å². The van der Waals surface area contributed by atoms with Crippen LogP contribution in [0.25, 0.3) is 28.2 Å². The molecule has 110 valence electrons. The number of hydrogen-bond acceptors (Lipinski definition) is 1. The average molecular weight is 312 g/mol. The fraction of sp³-hybridized carbons (Fsp3) is 0.0556. The normalized spacial score (nSPS) is 11.8. The zero-order chi connectivity index (χ0) is 15.7. The topological polar surface area (TPSA) is 53.1 Å². The van der Waals surface area contributed by atoms with Gasteiger partial charge in [0.05, 0.1) is 5.69 Å². The van der Waals surface area contributed by atoms with Gasteiger partial charge in [-0.15, -0.1) is 0 Å². The van der Waals surface area contributed by atoms with E-state index in [0.29, 0.717) is 5.02 Å². The molecule has 22 heavy (non-hydrogen) atoms. The number of aliphatic carboxylic acids is 1. The zero-order valence-corrected chi connectivity index (χ0v) is 12.7. The number of carbonyl (C=O) groups is 1. The van der Waals surface area contributed by atoms with Crippen LogP contribution in [0.3, 0.4) is 0 Å². The molecule has 2 N–H and O–H groups in total. The maximum atomic E-state index is 11.2. The number of rotatable bonds is 3. The van der Waals surface area contributed by atoms with Gasteiger partial charge in [0, 0.05) is 32.6 Å². The molecule has 0 amide bonds. The third-order valence-corrected chi connectivity index (χ3v) is 3.79. The van der Waals surface area contributed by atoms with E-state index >= 15 is 0 Å². The second-order valence-electron chi connectivity index (χ2n) is 5.10. The summed E-state index contributed by atoms with van der Waals surface area (Å²) in [4.78, 5) is 14.5. The minimum Gasteiger partial charge on any atom is -0.478 e. The third-order valence-electron chi connectivity index (χ3n) is 3.56. The van der Waals surface area contributed by atoms with Crippen molar-refractivity contribution in [2.45, 2.75) is 6.92 Å². The lowest BCUT2D eigenvalue weighted by atomic mass is 10.0. The van der Waals surface area contributed by atoms with Crippen molar-refractivity contribution >= 4 is 34.5 Å². The number of fused-ring (bicyclic) bond motifs is 1. The molecule has 0 aliphatic rings. The Morgan fingerprint density at radius 3 is 2.68 bits per heavy atom. The maximum Gasteiger partial charge on any atom is 0.331 e. The molecule has 0 saturated heterocycles. The summed E-state index contributed by atoms with van der Waals surface area (Å²) in [5, 5.41) is 10.8. The Morgan fingerprint density at radius 1 is 1.18 bits per heavy atom. The molecule has 0 atom stereocenters. The number of nitrogens with one attached hydrogen (secondary N) is 1. The van der Waals surface area contributed by atoms with E-state index in [1.807, 2.05) is 48.5 Å². The van der Waals surface area contributed by atoms with Crippen LogP contribution in [0.2, 0.25) is 5.02 Å². The molecule has 1 heterocycles. The second-order valence-corrected chi connectivity index (χ2v) is 5.54. The van der Waals surface area contributed by atoms with E-state index in [-0.39, 0.29) is 5.57 Å². The fourth-order valence-electron chi connectivity index (χ4n) is 2.46. The van der Waals surface area contributed by atoms with Crippen LogP contribution in [0.4, 0.5) is 0 Å². The Balaban J connectivity index is 2.30. The van der Waals surface area contributed by atoms with Gasteiger partial charge in [0.15, 0.2) is 0 Å². The Labute approximate surface area is 132 Å². The Hall–Kier alpha value is -2.52. The van der Waals surface area contributed by atoms with Crippen molar-refractivity contribution in [3.8, 4) is 11.3 Å². The number of H-pyrrole nitrogens is 1. The van der Waals surface area contributed by atoms with Gasteiger partial charge in [-0.1, -0.05) is 41.9 Å². The molecular weight excluding hydrogens is 298 g/mol. The van der Waals surface area contributed by atoms with Gasteiger partial charge in [0.2, 0.25) is 0 Å². The van der Waals surface area contributed by atoms with Crippen molar-refractivity contribution in [1.29, 1.82) is 0 Å². The predicted molar refractivity (Wildman–Crippen MR) is 90.0 cm³/mol. The van der Waals surface area contributed by atoms with Gasteiger partial charge >= 0.3 is 5.97 Å². The van der Waals surface area contributed by atoms with E-state index in [1.165, 1.54) is 0 Å². The standard InChI is InChI=1S/C18H14ClNO2/c1-11(18(21)22)9-15-14-7-2-3-8-16(14)20-17(15)12-5-4-6-13(19)10-12/h2-10,20H,1H3,(H,21,22)/b11-9+. The third kappa shape index (κ3) is 2.63. The van der Waals surface area contributed by atoms with Gasteiger partial charge in [-0.3, -0.25) is 0 Å². The molecule has 1 aromatic heterocycles. The van der Waals surface area contributed by atoms with Gasteiger partial charge in [-0.2, -0.15) is 0 Å². The smallest absolute Gasteiger partial charge is 0.331 e. The summed E-state index contributed by atoms with van der Waals surface area (Å²) < 4.78 is 0. The molecular formula is C18H14ClNO2. The molecule has 4 heteroatoms. The Bertz CT molecular complexity index is 893. The summed E-state index contributed by atoms with van der Waals surface area (Å²) in [6.45, 7) is 1.59. The van der Waals surface area contributed by atoms with E-state index in [0.717, 1.165) is 27.7 Å². The molecule has 3 aromatic rings. The highest BCUT2D eigenvalue weighted by Gasteiger charge is 2.13. The number of halogens is 1. The molecule has 3 nitrogen and oxygen atoms in total. The minimum atomic E-state index is -0.928. The maximum absolute atomic E-state index is 11.2. The molecule has 0 bridgehead atoms. The Morgan fingerprint density at radius 2 is 1.95 bits per heavy atom. The molecule has 0 unspecified atom stereocenters. The number of benzene rings is 2. The summed E-state index contributed by atoms with van der Waals surface area (Å²) in [7, 11) is 0. The molecule has 0 aliphatic carbocycles. The number of aromatic nitrogens is 1. The van der Waals surface area contributed by atoms with Crippen molar-refractivity contribution in [2.24, 2.45) is 0 Å². The molecule has 0 spiro atoms. The summed E-state index contributed by atoms with van der Waals surface area (Å²) in [6, 6.07) is 15.3. The van der Waals surface area contributed by atoms with Crippen LogP contribution in [0.15, 0.2) is 54.1 Å². The summed E-state index contributed by atoms with van der Waals surface area (Å²) in [5.74, 6) is -0.928.